The Balaban J connectivity index is 2.53. The first-order valence-corrected chi connectivity index (χ1v) is 6.46. The van der Waals surface area contributed by atoms with E-state index in [1.807, 2.05) is 0 Å². The minimum Gasteiger partial charge on any atom is -0.493 e. The number of hydrogen-bond donors (Lipinski definition) is 1. The van der Waals surface area contributed by atoms with Gasteiger partial charge in [0.05, 0.1) is 7.11 Å². The number of halogens is 2. The Morgan fingerprint density at radius 1 is 1.33 bits per heavy atom. The smallest absolute Gasteiger partial charge is 0.387 e. The molecule has 1 aromatic carbocycles. The largest absolute Gasteiger partial charge is 0.493 e. The zero-order valence-corrected chi connectivity index (χ0v) is 12.4. The van der Waals surface area contributed by atoms with Gasteiger partial charge in [0.1, 0.15) is 0 Å². The van der Waals surface area contributed by atoms with E-state index < -0.39 is 6.61 Å². The first-order chi connectivity index (χ1) is 9.93. The van der Waals surface area contributed by atoms with Crippen LogP contribution in [0.3, 0.4) is 0 Å². The molecule has 0 aliphatic heterocycles. The summed E-state index contributed by atoms with van der Waals surface area (Å²) in [6.07, 6.45) is 0.379. The van der Waals surface area contributed by atoms with E-state index in [1.165, 1.54) is 18.1 Å². The van der Waals surface area contributed by atoms with Crippen LogP contribution in [0, 0.1) is 0 Å². The van der Waals surface area contributed by atoms with E-state index in [0.717, 1.165) is 5.56 Å². The Kier molecular flexibility index (Phi) is 6.87. The fraction of sp³-hybridized carbons (Fsp3) is 0.500. The molecule has 0 saturated carbocycles. The van der Waals surface area contributed by atoms with Crippen LogP contribution in [-0.2, 0) is 11.3 Å². The van der Waals surface area contributed by atoms with Crippen LogP contribution in [0.2, 0.25) is 0 Å². The predicted octanol–water partition coefficient (Wildman–Crippen LogP) is 1.86. The van der Waals surface area contributed by atoms with Gasteiger partial charge in [0.2, 0.25) is 5.91 Å². The normalized spacial score (nSPS) is 10.6. The summed E-state index contributed by atoms with van der Waals surface area (Å²) in [5, 5.41) is 3.07. The molecule has 7 heteroatoms. The van der Waals surface area contributed by atoms with Gasteiger partial charge in [-0.25, -0.2) is 0 Å². The maximum Gasteiger partial charge on any atom is 0.387 e. The highest BCUT2D eigenvalue weighted by molar-refractivity contribution is 5.75. The molecule has 1 rings (SSSR count). The highest BCUT2D eigenvalue weighted by Gasteiger charge is 2.11. The Morgan fingerprint density at radius 3 is 2.62 bits per heavy atom. The van der Waals surface area contributed by atoms with Crippen molar-refractivity contribution in [3.8, 4) is 11.5 Å². The zero-order valence-electron chi connectivity index (χ0n) is 12.4. The first kappa shape index (κ1) is 17.2. The highest BCUT2D eigenvalue weighted by atomic mass is 19.3. The van der Waals surface area contributed by atoms with E-state index in [0.29, 0.717) is 19.5 Å². The molecule has 0 aliphatic rings. The predicted molar refractivity (Wildman–Crippen MR) is 74.6 cm³/mol. The quantitative estimate of drug-likeness (QED) is 0.745. The second-order valence-electron chi connectivity index (χ2n) is 4.58. The molecule has 1 aromatic rings. The number of benzene rings is 1. The molecule has 1 amide bonds. The van der Waals surface area contributed by atoms with Crippen LogP contribution in [0.15, 0.2) is 18.2 Å². The van der Waals surface area contributed by atoms with E-state index in [9.17, 15) is 13.6 Å². The monoisotopic (exact) mass is 302 g/mol. The number of ether oxygens (including phenoxy) is 2. The van der Waals surface area contributed by atoms with Gasteiger partial charge in [-0.05, 0) is 17.7 Å². The van der Waals surface area contributed by atoms with Crippen molar-refractivity contribution < 1.29 is 23.0 Å². The molecule has 0 fully saturated rings. The number of nitrogens with one attached hydrogen (secondary N) is 1. The summed E-state index contributed by atoms with van der Waals surface area (Å²) in [6.45, 7) is -1.95. The van der Waals surface area contributed by atoms with Gasteiger partial charge in [-0.15, -0.1) is 0 Å². The molecule has 0 bridgehead atoms. The maximum absolute atomic E-state index is 12.3. The molecule has 21 heavy (non-hydrogen) atoms. The van der Waals surface area contributed by atoms with Gasteiger partial charge in [-0.1, -0.05) is 6.07 Å². The van der Waals surface area contributed by atoms with E-state index >= 15 is 0 Å². The number of hydrogen-bond acceptors (Lipinski definition) is 4. The lowest BCUT2D eigenvalue weighted by molar-refractivity contribution is -0.128. The SMILES string of the molecule is COc1ccc(CNCCC(=O)N(C)C)cc1OC(F)F. The van der Waals surface area contributed by atoms with E-state index in [-0.39, 0.29) is 17.4 Å². The highest BCUT2D eigenvalue weighted by Crippen LogP contribution is 2.29. The summed E-state index contributed by atoms with van der Waals surface area (Å²) in [5.74, 6) is 0.275. The summed E-state index contributed by atoms with van der Waals surface area (Å²) >= 11 is 0. The number of rotatable bonds is 8. The van der Waals surface area contributed by atoms with Crippen LogP contribution in [-0.4, -0.2) is 45.2 Å². The third kappa shape index (κ3) is 5.95. The number of methoxy groups -OCH3 is 1. The van der Waals surface area contributed by atoms with E-state index in [4.69, 9.17) is 4.74 Å². The third-order valence-corrected chi connectivity index (χ3v) is 2.79. The fourth-order valence-corrected chi connectivity index (χ4v) is 1.67. The summed E-state index contributed by atoms with van der Waals surface area (Å²) < 4.78 is 34.0. The van der Waals surface area contributed by atoms with Crippen molar-refractivity contribution in [1.82, 2.24) is 10.2 Å². The van der Waals surface area contributed by atoms with Crippen molar-refractivity contribution in [1.29, 1.82) is 0 Å². The lowest BCUT2D eigenvalue weighted by Gasteiger charge is -2.13. The van der Waals surface area contributed by atoms with Gasteiger partial charge in [0, 0.05) is 33.6 Å². The number of alkyl halides is 2. The summed E-state index contributed by atoms with van der Waals surface area (Å²) in [5.41, 5.74) is 0.767. The van der Waals surface area contributed by atoms with E-state index in [1.54, 1.807) is 26.2 Å². The minimum absolute atomic E-state index is 0.00355. The maximum atomic E-state index is 12.3. The number of amides is 1. The van der Waals surface area contributed by atoms with Gasteiger partial charge < -0.3 is 19.7 Å². The van der Waals surface area contributed by atoms with E-state index in [2.05, 4.69) is 10.1 Å². The Morgan fingerprint density at radius 2 is 2.05 bits per heavy atom. The molecule has 0 aliphatic carbocycles. The molecule has 0 heterocycles. The van der Waals surface area contributed by atoms with Gasteiger partial charge in [0.15, 0.2) is 11.5 Å². The summed E-state index contributed by atoms with van der Waals surface area (Å²) in [7, 11) is 4.78. The molecule has 0 radical (unpaired) electrons. The fourth-order valence-electron chi connectivity index (χ4n) is 1.67. The summed E-state index contributed by atoms with van der Waals surface area (Å²) in [6, 6.07) is 4.81. The van der Waals surface area contributed by atoms with Crippen LogP contribution in [0.5, 0.6) is 11.5 Å². The van der Waals surface area contributed by atoms with Gasteiger partial charge in [-0.2, -0.15) is 8.78 Å². The molecule has 1 N–H and O–H groups in total. The molecule has 118 valence electrons. The van der Waals surface area contributed by atoms with Crippen LogP contribution < -0.4 is 14.8 Å². The average Bonchev–Trinajstić information content (AvgIpc) is 2.42. The molecule has 0 unspecified atom stereocenters. The van der Waals surface area contributed by atoms with Crippen molar-refractivity contribution in [3.63, 3.8) is 0 Å². The number of carbonyl (C=O) groups is 1. The standard InChI is InChI=1S/C14H20F2N2O3/c1-18(2)13(19)6-7-17-9-10-4-5-11(20-3)12(8-10)21-14(15)16/h4-5,8,14,17H,6-7,9H2,1-3H3. The van der Waals surface area contributed by atoms with Gasteiger partial charge >= 0.3 is 6.61 Å². The van der Waals surface area contributed by atoms with Crippen molar-refractivity contribution in [2.45, 2.75) is 19.6 Å². The molecule has 0 atom stereocenters. The Labute approximate surface area is 122 Å². The van der Waals surface area contributed by atoms with Gasteiger partial charge in [-0.3, -0.25) is 4.79 Å². The van der Waals surface area contributed by atoms with Crippen LogP contribution in [0.4, 0.5) is 8.78 Å². The zero-order chi connectivity index (χ0) is 15.8. The molecule has 0 saturated heterocycles. The molecule has 0 spiro atoms. The Bertz CT molecular complexity index is 468. The van der Waals surface area contributed by atoms with Crippen LogP contribution in [0.25, 0.3) is 0 Å². The molecule has 5 nitrogen and oxygen atoms in total. The van der Waals surface area contributed by atoms with Crippen LogP contribution in [0.1, 0.15) is 12.0 Å². The second-order valence-corrected chi connectivity index (χ2v) is 4.58. The van der Waals surface area contributed by atoms with Crippen molar-refractivity contribution in [3.05, 3.63) is 23.8 Å². The molecular weight excluding hydrogens is 282 g/mol. The Hall–Kier alpha value is -1.89. The van der Waals surface area contributed by atoms with Crippen molar-refractivity contribution >= 4 is 5.91 Å². The number of nitrogens with zero attached hydrogens (tertiary/aromatic N) is 1. The minimum atomic E-state index is -2.90. The van der Waals surface area contributed by atoms with Crippen molar-refractivity contribution in [2.75, 3.05) is 27.7 Å². The average molecular weight is 302 g/mol. The third-order valence-electron chi connectivity index (χ3n) is 2.79. The number of carbonyl (C=O) groups excluding carboxylic acids is 1. The lowest BCUT2D eigenvalue weighted by atomic mass is 10.2. The first-order valence-electron chi connectivity index (χ1n) is 6.46. The van der Waals surface area contributed by atoms with Crippen LogP contribution >= 0.6 is 0 Å². The summed E-state index contributed by atoms with van der Waals surface area (Å²) in [4.78, 5) is 12.9. The van der Waals surface area contributed by atoms with Gasteiger partial charge in [0.25, 0.3) is 0 Å². The lowest BCUT2D eigenvalue weighted by Crippen LogP contribution is -2.26. The topological polar surface area (TPSA) is 50.8 Å². The molecular formula is C14H20F2N2O3. The second kappa shape index (κ2) is 8.41. The van der Waals surface area contributed by atoms with Crippen molar-refractivity contribution in [2.24, 2.45) is 0 Å². The molecule has 0 aromatic heterocycles.